The van der Waals surface area contributed by atoms with Crippen LogP contribution in [0, 0.1) is 22.9 Å². The lowest BCUT2D eigenvalue weighted by atomic mass is 10.6. The first-order valence-corrected chi connectivity index (χ1v) is 5.41. The molecule has 0 bridgehead atoms. The maximum Gasteiger partial charge on any atom is 0.213 e. The molecule has 9 heteroatoms. The summed E-state index contributed by atoms with van der Waals surface area (Å²) in [6.07, 6.45) is 3.53. The van der Waals surface area contributed by atoms with Gasteiger partial charge in [-0.15, -0.1) is 4.99 Å². The second kappa shape index (κ2) is 7.70. The Morgan fingerprint density at radius 1 is 1.56 bits per heavy atom. The topological polar surface area (TPSA) is 124 Å². The number of hydrogen-bond acceptors (Lipinski definition) is 5. The summed E-state index contributed by atoms with van der Waals surface area (Å²) in [5, 5.41) is 28.4. The largest absolute Gasteiger partial charge is 0.356 e. The second-order valence-corrected chi connectivity index (χ2v) is 3.25. The molecule has 0 radical (unpaired) electrons. The van der Waals surface area contributed by atoms with Gasteiger partial charge in [-0.3, -0.25) is 10.6 Å². The fourth-order valence-electron chi connectivity index (χ4n) is 1.31. The van der Waals surface area contributed by atoms with Crippen LogP contribution in [0.2, 0.25) is 0 Å². The summed E-state index contributed by atoms with van der Waals surface area (Å²) in [5.41, 5.74) is 0. The Hall–Kier alpha value is -2.52. The molecule has 18 heavy (non-hydrogen) atoms. The summed E-state index contributed by atoms with van der Waals surface area (Å²) < 4.78 is 0. The summed E-state index contributed by atoms with van der Waals surface area (Å²) in [6.45, 7) is 3.92. The van der Waals surface area contributed by atoms with Crippen LogP contribution in [-0.4, -0.2) is 43.4 Å². The van der Waals surface area contributed by atoms with Gasteiger partial charge in [0, 0.05) is 6.54 Å². The quantitative estimate of drug-likeness (QED) is 0.202. The highest BCUT2D eigenvalue weighted by molar-refractivity contribution is 5.83. The van der Waals surface area contributed by atoms with Gasteiger partial charge in [0.2, 0.25) is 18.1 Å². The molecule has 0 spiro atoms. The third kappa shape index (κ3) is 4.15. The minimum absolute atomic E-state index is 0.275. The highest BCUT2D eigenvalue weighted by Crippen LogP contribution is 1.93. The fourth-order valence-corrected chi connectivity index (χ4v) is 1.31. The molecule has 0 amide bonds. The van der Waals surface area contributed by atoms with Crippen LogP contribution in [0.15, 0.2) is 9.98 Å². The first kappa shape index (κ1) is 13.5. The van der Waals surface area contributed by atoms with Gasteiger partial charge in [0.25, 0.3) is 0 Å². The van der Waals surface area contributed by atoms with E-state index in [1.54, 1.807) is 17.3 Å². The highest BCUT2D eigenvalue weighted by Gasteiger charge is 2.14. The molecule has 0 saturated carbocycles. The van der Waals surface area contributed by atoms with E-state index in [-0.39, 0.29) is 6.67 Å². The Labute approximate surface area is 105 Å². The smallest absolute Gasteiger partial charge is 0.213 e. The minimum atomic E-state index is 0.275. The molecule has 9 nitrogen and oxygen atoms in total. The lowest BCUT2D eigenvalue weighted by molar-refractivity contribution is 0.342. The van der Waals surface area contributed by atoms with Gasteiger partial charge in [0.15, 0.2) is 6.19 Å². The Morgan fingerprint density at radius 2 is 2.39 bits per heavy atom. The van der Waals surface area contributed by atoms with Gasteiger partial charge < -0.3 is 15.5 Å². The number of guanidine groups is 2. The van der Waals surface area contributed by atoms with Gasteiger partial charge in [0.1, 0.15) is 6.67 Å². The number of hydrogen-bond donors (Lipinski definition) is 4. The van der Waals surface area contributed by atoms with Crippen molar-refractivity contribution in [3.8, 4) is 12.4 Å². The molecule has 1 heterocycles. The molecule has 0 atom stereocenters. The Balaban J connectivity index is 2.63. The van der Waals surface area contributed by atoms with Crippen LogP contribution in [0.3, 0.4) is 0 Å². The second-order valence-electron chi connectivity index (χ2n) is 3.25. The molecule has 0 unspecified atom stereocenters. The lowest BCUT2D eigenvalue weighted by Gasteiger charge is -2.29. The van der Waals surface area contributed by atoms with E-state index >= 15 is 0 Å². The molecular formula is C9H15N9. The van der Waals surface area contributed by atoms with E-state index in [9.17, 15) is 0 Å². The van der Waals surface area contributed by atoms with Gasteiger partial charge in [-0.1, -0.05) is 0 Å². The van der Waals surface area contributed by atoms with Crippen LogP contribution in [0.25, 0.3) is 0 Å². The maximum atomic E-state index is 8.55. The Morgan fingerprint density at radius 3 is 3.06 bits per heavy atom. The molecule has 1 saturated heterocycles. The van der Waals surface area contributed by atoms with E-state index in [2.05, 4.69) is 31.3 Å². The first-order chi connectivity index (χ1) is 8.81. The molecule has 1 fully saturated rings. The van der Waals surface area contributed by atoms with E-state index in [4.69, 9.17) is 10.5 Å². The van der Waals surface area contributed by atoms with Crippen molar-refractivity contribution in [3.05, 3.63) is 0 Å². The van der Waals surface area contributed by atoms with E-state index in [1.165, 1.54) is 0 Å². The van der Waals surface area contributed by atoms with Crippen LogP contribution < -0.4 is 21.3 Å². The van der Waals surface area contributed by atoms with Crippen LogP contribution in [0.1, 0.15) is 6.92 Å². The third-order valence-electron chi connectivity index (χ3n) is 2.05. The maximum absolute atomic E-state index is 8.55. The van der Waals surface area contributed by atoms with Crippen LogP contribution in [0.5, 0.6) is 0 Å². The molecule has 1 aliphatic rings. The predicted molar refractivity (Wildman–Crippen MR) is 65.6 cm³/mol. The van der Waals surface area contributed by atoms with Crippen molar-refractivity contribution in [2.24, 2.45) is 9.98 Å². The van der Waals surface area contributed by atoms with E-state index in [0.717, 1.165) is 0 Å². The SMILES string of the molecule is CCNC(=NCN1CNCNC1=NC#N)NC#N. The molecule has 0 aromatic heterocycles. The van der Waals surface area contributed by atoms with Crippen molar-refractivity contribution in [2.45, 2.75) is 6.92 Å². The molecule has 96 valence electrons. The number of aliphatic imine (C=N–C) groups is 2. The summed E-state index contributed by atoms with van der Waals surface area (Å²) in [7, 11) is 0. The molecule has 0 aliphatic carbocycles. The number of nitrogens with one attached hydrogen (secondary N) is 4. The van der Waals surface area contributed by atoms with Crippen LogP contribution >= 0.6 is 0 Å². The summed E-state index contributed by atoms with van der Waals surface area (Å²) in [4.78, 5) is 9.58. The van der Waals surface area contributed by atoms with Crippen molar-refractivity contribution in [2.75, 3.05) is 26.6 Å². The normalized spacial score (nSPS) is 17.6. The molecule has 1 aliphatic heterocycles. The number of nitrogens with zero attached hydrogens (tertiary/aromatic N) is 5. The van der Waals surface area contributed by atoms with Crippen molar-refractivity contribution in [1.29, 1.82) is 10.5 Å². The molecular weight excluding hydrogens is 234 g/mol. The van der Waals surface area contributed by atoms with Gasteiger partial charge >= 0.3 is 0 Å². The molecule has 0 aromatic carbocycles. The summed E-state index contributed by atoms with van der Waals surface area (Å²) in [5.74, 6) is 0.856. The monoisotopic (exact) mass is 249 g/mol. The van der Waals surface area contributed by atoms with E-state index in [1.807, 2.05) is 6.92 Å². The zero-order chi connectivity index (χ0) is 13.2. The zero-order valence-corrected chi connectivity index (χ0v) is 10.1. The average molecular weight is 249 g/mol. The fraction of sp³-hybridized carbons (Fsp3) is 0.556. The van der Waals surface area contributed by atoms with Gasteiger partial charge in [0.05, 0.1) is 13.3 Å². The molecule has 4 N–H and O–H groups in total. The van der Waals surface area contributed by atoms with Crippen LogP contribution in [-0.2, 0) is 0 Å². The Bertz CT molecular complexity index is 399. The van der Waals surface area contributed by atoms with Crippen molar-refractivity contribution < 1.29 is 0 Å². The first-order valence-electron chi connectivity index (χ1n) is 5.41. The zero-order valence-electron chi connectivity index (χ0n) is 10.1. The average Bonchev–Trinajstić information content (AvgIpc) is 2.38. The van der Waals surface area contributed by atoms with Crippen molar-refractivity contribution in [3.63, 3.8) is 0 Å². The van der Waals surface area contributed by atoms with Crippen LogP contribution in [0.4, 0.5) is 0 Å². The van der Waals surface area contributed by atoms with E-state index in [0.29, 0.717) is 31.8 Å². The highest BCUT2D eigenvalue weighted by atomic mass is 15.4. The minimum Gasteiger partial charge on any atom is -0.356 e. The molecule has 1 rings (SSSR count). The predicted octanol–water partition coefficient (Wildman–Crippen LogP) is -1.77. The van der Waals surface area contributed by atoms with Gasteiger partial charge in [-0.2, -0.15) is 10.5 Å². The van der Waals surface area contributed by atoms with Gasteiger partial charge in [-0.05, 0) is 6.92 Å². The Kier molecular flexibility index (Phi) is 5.80. The summed E-state index contributed by atoms with van der Waals surface area (Å²) >= 11 is 0. The number of nitriles is 2. The van der Waals surface area contributed by atoms with Crippen molar-refractivity contribution >= 4 is 11.9 Å². The lowest BCUT2D eigenvalue weighted by Crippen LogP contribution is -2.55. The number of rotatable bonds is 3. The standard InChI is InChI=1S/C9H15N9/c1-2-13-8(14-3-10)17-7-18-6-12-5-16-9(18)15-4-11/h12H,2,5-7H2,1H3,(H,15,16)(H2,13,14,17). The van der Waals surface area contributed by atoms with Gasteiger partial charge in [-0.25, -0.2) is 4.99 Å². The molecule has 0 aromatic rings. The third-order valence-corrected chi connectivity index (χ3v) is 2.05. The van der Waals surface area contributed by atoms with E-state index < -0.39 is 0 Å². The summed E-state index contributed by atoms with van der Waals surface area (Å²) in [6, 6.07) is 0. The van der Waals surface area contributed by atoms with Crippen molar-refractivity contribution in [1.82, 2.24) is 26.2 Å².